The predicted molar refractivity (Wildman–Crippen MR) is 113 cm³/mol. The summed E-state index contributed by atoms with van der Waals surface area (Å²) >= 11 is 0. The van der Waals surface area contributed by atoms with E-state index in [0.717, 1.165) is 10.7 Å². The van der Waals surface area contributed by atoms with E-state index in [1.807, 2.05) is 6.92 Å². The van der Waals surface area contributed by atoms with E-state index in [-0.39, 0.29) is 17.2 Å². The molecular weight excluding hydrogens is 439 g/mol. The maximum atomic E-state index is 13.9. The molecule has 1 unspecified atom stereocenters. The van der Waals surface area contributed by atoms with Gasteiger partial charge in [0, 0.05) is 13.1 Å². The van der Waals surface area contributed by atoms with Crippen LogP contribution < -0.4 is 10.1 Å². The van der Waals surface area contributed by atoms with Crippen molar-refractivity contribution in [2.24, 2.45) is 7.05 Å². The zero-order valence-electron chi connectivity index (χ0n) is 18.1. The van der Waals surface area contributed by atoms with Crippen LogP contribution >= 0.6 is 0 Å². The standard InChI is InChI=1S/C23H22F3N3O4/c1-4-13-9-16(24)11-17(10-13)33-22-18(19(20(25)26)28-29(22)3)21(30)27-12(2)14-5-7-15(8-6-14)23(31)32/h5-12,20H,4H2,1-3H3,(H,27,30)(H,31,32). The minimum absolute atomic E-state index is 0.0435. The molecule has 0 fully saturated rings. The molecule has 0 saturated carbocycles. The third kappa shape index (κ3) is 5.33. The highest BCUT2D eigenvalue weighted by molar-refractivity contribution is 5.98. The van der Waals surface area contributed by atoms with Gasteiger partial charge in [-0.2, -0.15) is 5.10 Å². The summed E-state index contributed by atoms with van der Waals surface area (Å²) in [6.07, 6.45) is -2.54. The number of carboxylic acids is 1. The summed E-state index contributed by atoms with van der Waals surface area (Å²) in [5.74, 6) is -2.74. The van der Waals surface area contributed by atoms with Gasteiger partial charge in [-0.25, -0.2) is 22.6 Å². The van der Waals surface area contributed by atoms with Crippen molar-refractivity contribution >= 4 is 11.9 Å². The molecule has 0 aliphatic rings. The number of ether oxygens (including phenoxy) is 1. The van der Waals surface area contributed by atoms with Gasteiger partial charge in [0.2, 0.25) is 5.88 Å². The topological polar surface area (TPSA) is 93.4 Å². The molecule has 1 atom stereocenters. The van der Waals surface area contributed by atoms with Gasteiger partial charge in [-0.05, 0) is 48.7 Å². The van der Waals surface area contributed by atoms with Crippen LogP contribution in [0.15, 0.2) is 42.5 Å². The van der Waals surface area contributed by atoms with E-state index in [9.17, 15) is 22.8 Å². The van der Waals surface area contributed by atoms with Crippen LogP contribution in [0.4, 0.5) is 13.2 Å². The highest BCUT2D eigenvalue weighted by Crippen LogP contribution is 2.33. The highest BCUT2D eigenvalue weighted by Gasteiger charge is 2.30. The van der Waals surface area contributed by atoms with E-state index >= 15 is 0 Å². The molecule has 3 aromatic rings. The lowest BCUT2D eigenvalue weighted by Gasteiger charge is -2.16. The Hall–Kier alpha value is -3.82. The zero-order chi connectivity index (χ0) is 24.3. The molecule has 1 amide bonds. The number of aromatic carboxylic acids is 1. The molecule has 10 heteroatoms. The number of nitrogens with zero attached hydrogens (tertiary/aromatic N) is 2. The molecule has 0 bridgehead atoms. The Morgan fingerprint density at radius 2 is 1.85 bits per heavy atom. The van der Waals surface area contributed by atoms with Crippen molar-refractivity contribution in [2.75, 3.05) is 0 Å². The first-order chi connectivity index (χ1) is 15.6. The summed E-state index contributed by atoms with van der Waals surface area (Å²) in [7, 11) is 1.34. The van der Waals surface area contributed by atoms with Crippen molar-refractivity contribution in [3.63, 3.8) is 0 Å². The largest absolute Gasteiger partial charge is 0.478 e. The van der Waals surface area contributed by atoms with Crippen LogP contribution in [0.25, 0.3) is 0 Å². The number of carbonyl (C=O) groups is 2. The Labute approximate surface area is 187 Å². The van der Waals surface area contributed by atoms with E-state index in [4.69, 9.17) is 9.84 Å². The van der Waals surface area contributed by atoms with E-state index in [1.54, 1.807) is 13.0 Å². The van der Waals surface area contributed by atoms with Gasteiger partial charge in [-0.15, -0.1) is 0 Å². The summed E-state index contributed by atoms with van der Waals surface area (Å²) in [4.78, 5) is 24.0. The third-order valence-electron chi connectivity index (χ3n) is 5.01. The number of carbonyl (C=O) groups excluding carboxylic acids is 1. The number of carboxylic acid groups (broad SMARTS) is 1. The van der Waals surface area contributed by atoms with Gasteiger partial charge < -0.3 is 15.2 Å². The SMILES string of the molecule is CCc1cc(F)cc(Oc2c(C(=O)NC(C)c3ccc(C(=O)O)cc3)c(C(F)F)nn2C)c1. The number of benzene rings is 2. The van der Waals surface area contributed by atoms with Gasteiger partial charge in [0.05, 0.1) is 11.6 Å². The lowest BCUT2D eigenvalue weighted by molar-refractivity contribution is 0.0696. The van der Waals surface area contributed by atoms with Crippen molar-refractivity contribution in [2.45, 2.75) is 32.7 Å². The summed E-state index contributed by atoms with van der Waals surface area (Å²) in [6, 6.07) is 9.10. The Kier molecular flexibility index (Phi) is 7.05. The monoisotopic (exact) mass is 461 g/mol. The second-order valence-corrected chi connectivity index (χ2v) is 7.36. The number of nitrogens with one attached hydrogen (secondary N) is 1. The number of hydrogen-bond donors (Lipinski definition) is 2. The van der Waals surface area contributed by atoms with Crippen LogP contribution in [0.1, 0.15) is 63.9 Å². The van der Waals surface area contributed by atoms with Gasteiger partial charge >= 0.3 is 5.97 Å². The molecule has 33 heavy (non-hydrogen) atoms. The molecule has 2 N–H and O–H groups in total. The lowest BCUT2D eigenvalue weighted by atomic mass is 10.1. The molecule has 0 spiro atoms. The van der Waals surface area contributed by atoms with Crippen LogP contribution in [-0.4, -0.2) is 26.8 Å². The smallest absolute Gasteiger partial charge is 0.335 e. The van der Waals surface area contributed by atoms with Crippen LogP contribution in [0.3, 0.4) is 0 Å². The molecule has 174 valence electrons. The van der Waals surface area contributed by atoms with Gasteiger partial charge in [0.1, 0.15) is 22.8 Å². The van der Waals surface area contributed by atoms with Crippen LogP contribution in [0.2, 0.25) is 0 Å². The summed E-state index contributed by atoms with van der Waals surface area (Å²) in [6.45, 7) is 3.44. The first-order valence-corrected chi connectivity index (χ1v) is 10.1. The summed E-state index contributed by atoms with van der Waals surface area (Å²) in [5, 5.41) is 15.3. The Morgan fingerprint density at radius 1 is 1.18 bits per heavy atom. The lowest BCUT2D eigenvalue weighted by Crippen LogP contribution is -2.27. The fourth-order valence-corrected chi connectivity index (χ4v) is 3.27. The minimum Gasteiger partial charge on any atom is -0.478 e. The number of amides is 1. The zero-order valence-corrected chi connectivity index (χ0v) is 18.1. The second-order valence-electron chi connectivity index (χ2n) is 7.36. The summed E-state index contributed by atoms with van der Waals surface area (Å²) < 4.78 is 47.9. The Balaban J connectivity index is 1.93. The molecule has 7 nitrogen and oxygen atoms in total. The summed E-state index contributed by atoms with van der Waals surface area (Å²) in [5.41, 5.74) is 0.0258. The number of aromatic nitrogens is 2. The quantitative estimate of drug-likeness (QED) is 0.490. The molecular formula is C23H22F3N3O4. The van der Waals surface area contributed by atoms with Crippen molar-refractivity contribution < 1.29 is 32.6 Å². The van der Waals surface area contributed by atoms with E-state index < -0.39 is 41.4 Å². The maximum Gasteiger partial charge on any atom is 0.335 e. The van der Waals surface area contributed by atoms with E-state index in [0.29, 0.717) is 17.5 Å². The number of hydrogen-bond acceptors (Lipinski definition) is 4. The number of halogens is 3. The van der Waals surface area contributed by atoms with Gasteiger partial charge in [-0.3, -0.25) is 4.79 Å². The van der Waals surface area contributed by atoms with Gasteiger partial charge in [0.25, 0.3) is 12.3 Å². The average Bonchev–Trinajstić information content (AvgIpc) is 3.09. The first-order valence-electron chi connectivity index (χ1n) is 10.1. The van der Waals surface area contributed by atoms with Crippen molar-refractivity contribution in [3.05, 3.63) is 76.2 Å². The Morgan fingerprint density at radius 3 is 2.42 bits per heavy atom. The molecule has 0 radical (unpaired) electrons. The molecule has 3 rings (SSSR count). The minimum atomic E-state index is -3.06. The Bertz CT molecular complexity index is 1180. The van der Waals surface area contributed by atoms with Crippen molar-refractivity contribution in [3.8, 4) is 11.6 Å². The number of aryl methyl sites for hydroxylation is 2. The first kappa shape index (κ1) is 23.8. The van der Waals surface area contributed by atoms with Crippen LogP contribution in [0, 0.1) is 5.82 Å². The predicted octanol–water partition coefficient (Wildman–Crippen LogP) is 5.04. The van der Waals surface area contributed by atoms with E-state index in [2.05, 4.69) is 10.4 Å². The second kappa shape index (κ2) is 9.76. The van der Waals surface area contributed by atoms with Gasteiger partial charge in [-0.1, -0.05) is 19.1 Å². The highest BCUT2D eigenvalue weighted by atomic mass is 19.3. The van der Waals surface area contributed by atoms with E-state index in [1.165, 1.54) is 37.4 Å². The van der Waals surface area contributed by atoms with Crippen molar-refractivity contribution in [1.82, 2.24) is 15.1 Å². The molecule has 0 saturated heterocycles. The molecule has 0 aliphatic carbocycles. The molecule has 0 aliphatic heterocycles. The normalized spacial score (nSPS) is 12.0. The molecule has 1 heterocycles. The fourth-order valence-electron chi connectivity index (χ4n) is 3.27. The van der Waals surface area contributed by atoms with Gasteiger partial charge in [0.15, 0.2) is 0 Å². The van der Waals surface area contributed by atoms with Crippen LogP contribution in [-0.2, 0) is 13.5 Å². The molecule has 1 aromatic heterocycles. The third-order valence-corrected chi connectivity index (χ3v) is 5.01. The van der Waals surface area contributed by atoms with Crippen LogP contribution in [0.5, 0.6) is 11.6 Å². The van der Waals surface area contributed by atoms with Crippen molar-refractivity contribution in [1.29, 1.82) is 0 Å². The average molecular weight is 461 g/mol. The number of alkyl halides is 2. The molecule has 2 aromatic carbocycles. The maximum absolute atomic E-state index is 13.9. The number of rotatable bonds is 8. The fraction of sp³-hybridized carbons (Fsp3) is 0.261.